The third-order valence-electron chi connectivity index (χ3n) is 3.04. The van der Waals surface area contributed by atoms with Gasteiger partial charge in [0.15, 0.2) is 6.29 Å². The third-order valence-corrected chi connectivity index (χ3v) is 3.04. The van der Waals surface area contributed by atoms with Crippen molar-refractivity contribution >= 4 is 0 Å². The Morgan fingerprint density at radius 2 is 1.61 bits per heavy atom. The Hall–Kier alpha value is -0.240. The Balaban J connectivity index is 1.41. The largest absolute Gasteiger partial charge is 0.376 e. The van der Waals surface area contributed by atoms with Gasteiger partial charge in [-0.3, -0.25) is 0 Å². The molecule has 3 heterocycles. The first-order chi connectivity index (χ1) is 8.92. The summed E-state index contributed by atoms with van der Waals surface area (Å²) in [6, 6.07) is 0. The van der Waals surface area contributed by atoms with Crippen LogP contribution >= 0.6 is 0 Å². The minimum absolute atomic E-state index is 0.187. The molecular weight excluding hydrogens is 240 g/mol. The van der Waals surface area contributed by atoms with E-state index >= 15 is 0 Å². The molecule has 18 heavy (non-hydrogen) atoms. The van der Waals surface area contributed by atoms with E-state index in [1.165, 1.54) is 0 Å². The Labute approximate surface area is 106 Å². The summed E-state index contributed by atoms with van der Waals surface area (Å²) >= 11 is 0. The van der Waals surface area contributed by atoms with Gasteiger partial charge < -0.3 is 28.4 Å². The molecule has 0 amide bonds. The van der Waals surface area contributed by atoms with E-state index in [0.717, 1.165) is 32.8 Å². The molecule has 3 aliphatic heterocycles. The van der Waals surface area contributed by atoms with Crippen LogP contribution in [0.1, 0.15) is 6.42 Å². The Morgan fingerprint density at radius 3 is 2.28 bits per heavy atom. The standard InChI is InChI=1S/C12H20O6/c1-2-14-12(15-3-1)11(18-7-10-6-17-10)8-13-4-9-5-16-9/h9-12H,1-8H2. The maximum atomic E-state index is 5.77. The smallest absolute Gasteiger partial charge is 0.185 e. The molecule has 6 nitrogen and oxygen atoms in total. The third kappa shape index (κ3) is 4.15. The highest BCUT2D eigenvalue weighted by atomic mass is 16.7. The fourth-order valence-electron chi connectivity index (χ4n) is 1.80. The number of ether oxygens (including phenoxy) is 6. The Bertz CT molecular complexity index is 247. The highest BCUT2D eigenvalue weighted by Crippen LogP contribution is 2.17. The molecule has 3 saturated heterocycles. The summed E-state index contributed by atoms with van der Waals surface area (Å²) in [6.07, 6.45) is 0.936. The fraction of sp³-hybridized carbons (Fsp3) is 1.00. The lowest BCUT2D eigenvalue weighted by Gasteiger charge is -2.30. The van der Waals surface area contributed by atoms with E-state index in [-0.39, 0.29) is 24.6 Å². The van der Waals surface area contributed by atoms with E-state index in [0.29, 0.717) is 19.8 Å². The van der Waals surface area contributed by atoms with Crippen LogP contribution < -0.4 is 0 Å². The first-order valence-corrected chi connectivity index (χ1v) is 6.57. The molecule has 0 aromatic carbocycles. The van der Waals surface area contributed by atoms with Gasteiger partial charge in [0.1, 0.15) is 18.3 Å². The summed E-state index contributed by atoms with van der Waals surface area (Å²) in [5.41, 5.74) is 0. The minimum atomic E-state index is -0.322. The van der Waals surface area contributed by atoms with Gasteiger partial charge in [-0.1, -0.05) is 0 Å². The van der Waals surface area contributed by atoms with Crippen molar-refractivity contribution in [3.8, 4) is 0 Å². The van der Waals surface area contributed by atoms with E-state index in [1.807, 2.05) is 0 Å². The zero-order valence-electron chi connectivity index (χ0n) is 10.4. The molecule has 0 aliphatic carbocycles. The minimum Gasteiger partial charge on any atom is -0.376 e. The van der Waals surface area contributed by atoms with Crippen LogP contribution in [0.15, 0.2) is 0 Å². The van der Waals surface area contributed by atoms with E-state index < -0.39 is 0 Å². The summed E-state index contributed by atoms with van der Waals surface area (Å²) in [7, 11) is 0. The molecule has 3 aliphatic rings. The molecule has 0 radical (unpaired) electrons. The number of hydrogen-bond donors (Lipinski definition) is 0. The van der Waals surface area contributed by atoms with Crippen molar-refractivity contribution in [1.29, 1.82) is 0 Å². The lowest BCUT2D eigenvalue weighted by Crippen LogP contribution is -2.41. The van der Waals surface area contributed by atoms with E-state index in [1.54, 1.807) is 0 Å². The number of hydrogen-bond acceptors (Lipinski definition) is 6. The predicted molar refractivity (Wildman–Crippen MR) is 60.3 cm³/mol. The van der Waals surface area contributed by atoms with Crippen LogP contribution in [0.2, 0.25) is 0 Å². The summed E-state index contributed by atoms with van der Waals surface area (Å²) in [4.78, 5) is 0. The normalized spacial score (nSPS) is 33.3. The topological polar surface area (TPSA) is 62.0 Å². The second-order valence-electron chi connectivity index (χ2n) is 4.78. The van der Waals surface area contributed by atoms with Crippen molar-refractivity contribution < 1.29 is 28.4 Å². The quantitative estimate of drug-likeness (QED) is 0.570. The zero-order valence-corrected chi connectivity index (χ0v) is 10.4. The van der Waals surface area contributed by atoms with Crippen molar-refractivity contribution in [2.75, 3.05) is 46.2 Å². The Kier molecular flexibility index (Phi) is 4.45. The first-order valence-electron chi connectivity index (χ1n) is 6.57. The van der Waals surface area contributed by atoms with Crippen LogP contribution in [-0.2, 0) is 28.4 Å². The molecule has 3 rings (SSSR count). The number of epoxide rings is 2. The van der Waals surface area contributed by atoms with Crippen molar-refractivity contribution in [3.05, 3.63) is 0 Å². The molecule has 104 valence electrons. The summed E-state index contributed by atoms with van der Waals surface area (Å²) < 4.78 is 32.7. The van der Waals surface area contributed by atoms with Crippen molar-refractivity contribution in [2.45, 2.75) is 31.0 Å². The maximum absolute atomic E-state index is 5.77. The second-order valence-corrected chi connectivity index (χ2v) is 4.78. The van der Waals surface area contributed by atoms with Crippen molar-refractivity contribution in [1.82, 2.24) is 0 Å². The van der Waals surface area contributed by atoms with Crippen LogP contribution in [0, 0.1) is 0 Å². The summed E-state index contributed by atoms with van der Waals surface area (Å²) in [5.74, 6) is 0. The summed E-state index contributed by atoms with van der Waals surface area (Å²) in [6.45, 7) is 4.70. The van der Waals surface area contributed by atoms with Gasteiger partial charge >= 0.3 is 0 Å². The van der Waals surface area contributed by atoms with Gasteiger partial charge in [-0.25, -0.2) is 0 Å². The molecule has 0 aromatic heterocycles. The van der Waals surface area contributed by atoms with Gasteiger partial charge in [0, 0.05) is 0 Å². The first kappa shape index (κ1) is 12.8. The second kappa shape index (κ2) is 6.27. The molecule has 0 N–H and O–H groups in total. The fourth-order valence-corrected chi connectivity index (χ4v) is 1.80. The van der Waals surface area contributed by atoms with Gasteiger partial charge in [-0.15, -0.1) is 0 Å². The van der Waals surface area contributed by atoms with Crippen LogP contribution in [0.5, 0.6) is 0 Å². The summed E-state index contributed by atoms with van der Waals surface area (Å²) in [5, 5.41) is 0. The predicted octanol–water partition coefficient (Wildman–Crippen LogP) is -0.0512. The van der Waals surface area contributed by atoms with Crippen molar-refractivity contribution in [2.24, 2.45) is 0 Å². The molecule has 0 saturated carbocycles. The zero-order chi connectivity index (χ0) is 12.2. The molecule has 0 bridgehead atoms. The van der Waals surface area contributed by atoms with Gasteiger partial charge in [0.2, 0.25) is 0 Å². The van der Waals surface area contributed by atoms with Crippen LogP contribution in [0.25, 0.3) is 0 Å². The van der Waals surface area contributed by atoms with E-state index in [9.17, 15) is 0 Å². The highest BCUT2D eigenvalue weighted by Gasteiger charge is 2.31. The molecule has 0 aromatic rings. The highest BCUT2D eigenvalue weighted by molar-refractivity contribution is 4.73. The Morgan fingerprint density at radius 1 is 0.944 bits per heavy atom. The lowest BCUT2D eigenvalue weighted by atomic mass is 10.3. The molecule has 0 spiro atoms. The van der Waals surface area contributed by atoms with E-state index in [4.69, 9.17) is 28.4 Å². The van der Waals surface area contributed by atoms with E-state index in [2.05, 4.69) is 0 Å². The van der Waals surface area contributed by atoms with Gasteiger partial charge in [0.25, 0.3) is 0 Å². The maximum Gasteiger partial charge on any atom is 0.185 e. The van der Waals surface area contributed by atoms with Crippen molar-refractivity contribution in [3.63, 3.8) is 0 Å². The van der Waals surface area contributed by atoms with Crippen LogP contribution in [0.4, 0.5) is 0 Å². The van der Waals surface area contributed by atoms with Gasteiger partial charge in [-0.2, -0.15) is 0 Å². The molecule has 6 heteroatoms. The number of rotatable bonds is 8. The average Bonchev–Trinajstić information content (AvgIpc) is 3.28. The van der Waals surface area contributed by atoms with Crippen LogP contribution in [0.3, 0.4) is 0 Å². The SMILES string of the molecule is C1COC(C(COCC2CO2)OCC2CO2)OC1. The average molecular weight is 260 g/mol. The van der Waals surface area contributed by atoms with Gasteiger partial charge in [0.05, 0.1) is 46.2 Å². The molecule has 3 unspecified atom stereocenters. The van der Waals surface area contributed by atoms with Gasteiger partial charge in [-0.05, 0) is 6.42 Å². The monoisotopic (exact) mass is 260 g/mol. The molecule has 3 fully saturated rings. The van der Waals surface area contributed by atoms with Crippen LogP contribution in [-0.4, -0.2) is 70.9 Å². The lowest BCUT2D eigenvalue weighted by molar-refractivity contribution is -0.242. The molecule has 3 atom stereocenters. The molecular formula is C12H20O6.